The van der Waals surface area contributed by atoms with E-state index in [-0.39, 0.29) is 11.7 Å². The first-order valence-electron chi connectivity index (χ1n) is 6.27. The minimum absolute atomic E-state index is 0.206. The first-order chi connectivity index (χ1) is 9.50. The van der Waals surface area contributed by atoms with Crippen LogP contribution in [0.15, 0.2) is 24.3 Å². The molecule has 7 heteroatoms. The highest BCUT2D eigenvalue weighted by molar-refractivity contribution is 7.88. The van der Waals surface area contributed by atoms with Gasteiger partial charge in [-0.15, -0.1) is 0 Å². The van der Waals surface area contributed by atoms with Gasteiger partial charge in [0.2, 0.25) is 15.9 Å². The summed E-state index contributed by atoms with van der Waals surface area (Å²) in [5.41, 5.74) is 1.05. The number of carbonyl (C=O) groups excluding carboxylic acids is 1. The first-order valence-corrected chi connectivity index (χ1v) is 7.92. The van der Waals surface area contributed by atoms with Gasteiger partial charge in [-0.3, -0.25) is 4.79 Å². The van der Waals surface area contributed by atoms with E-state index < -0.39 is 16.1 Å². The number of nitrogens with one attached hydrogen (secondary N) is 2. The lowest BCUT2D eigenvalue weighted by Gasteiger charge is -2.22. The lowest BCUT2D eigenvalue weighted by molar-refractivity contribution is -0.124. The van der Waals surface area contributed by atoms with Crippen LogP contribution in [0.3, 0.4) is 0 Å². The van der Waals surface area contributed by atoms with E-state index in [9.17, 15) is 13.2 Å². The molecule has 0 saturated carbocycles. The zero-order valence-electron chi connectivity index (χ0n) is 10.8. The summed E-state index contributed by atoms with van der Waals surface area (Å²) in [6.07, 6.45) is 1.27. The summed E-state index contributed by atoms with van der Waals surface area (Å²) in [7, 11) is -3.58. The van der Waals surface area contributed by atoms with E-state index >= 15 is 0 Å². The highest BCUT2D eigenvalue weighted by Crippen LogP contribution is 2.10. The molecule has 0 radical (unpaired) electrons. The Morgan fingerprint density at radius 2 is 2.05 bits per heavy atom. The summed E-state index contributed by atoms with van der Waals surface area (Å²) < 4.78 is 26.4. The standard InChI is InChI=1S/C13H15N3O3S/c14-8-10-3-5-11(6-4-10)9-20(18,19)16-12-2-1-7-15-13(12)17/h3-6,12,16H,1-2,7,9H2,(H,15,17). The maximum atomic E-state index is 12.0. The second-order valence-corrected chi connectivity index (χ2v) is 6.43. The normalized spacial score (nSPS) is 19.1. The fraction of sp³-hybridized carbons (Fsp3) is 0.385. The van der Waals surface area contributed by atoms with Crippen molar-refractivity contribution in [3.05, 3.63) is 35.4 Å². The van der Waals surface area contributed by atoms with Crippen LogP contribution < -0.4 is 10.0 Å². The number of carbonyl (C=O) groups is 1. The Bertz CT molecular complexity index is 632. The van der Waals surface area contributed by atoms with Crippen molar-refractivity contribution in [1.82, 2.24) is 10.0 Å². The van der Waals surface area contributed by atoms with Gasteiger partial charge in [0.05, 0.1) is 17.4 Å². The number of piperidine rings is 1. The van der Waals surface area contributed by atoms with Gasteiger partial charge in [-0.2, -0.15) is 5.26 Å². The maximum Gasteiger partial charge on any atom is 0.238 e. The molecule has 0 aliphatic carbocycles. The number of nitriles is 1. The maximum absolute atomic E-state index is 12.0. The van der Waals surface area contributed by atoms with Crippen molar-refractivity contribution < 1.29 is 13.2 Å². The van der Waals surface area contributed by atoms with Crippen molar-refractivity contribution in [2.45, 2.75) is 24.6 Å². The highest BCUT2D eigenvalue weighted by Gasteiger charge is 2.26. The Morgan fingerprint density at radius 3 is 2.65 bits per heavy atom. The minimum Gasteiger partial charge on any atom is -0.355 e. The Kier molecular flexibility index (Phi) is 4.37. The van der Waals surface area contributed by atoms with Gasteiger partial charge in [-0.1, -0.05) is 12.1 Å². The molecule has 1 amide bonds. The summed E-state index contributed by atoms with van der Waals surface area (Å²) in [6.45, 7) is 0.590. The summed E-state index contributed by atoms with van der Waals surface area (Å²) in [6, 6.07) is 7.61. The molecule has 1 aromatic carbocycles. The molecule has 6 nitrogen and oxygen atoms in total. The number of benzene rings is 1. The van der Waals surface area contributed by atoms with Gasteiger partial charge in [-0.25, -0.2) is 13.1 Å². The van der Waals surface area contributed by atoms with Crippen LogP contribution in [0, 0.1) is 11.3 Å². The van der Waals surface area contributed by atoms with E-state index in [2.05, 4.69) is 10.0 Å². The lowest BCUT2D eigenvalue weighted by Crippen LogP contribution is -2.50. The second-order valence-electron chi connectivity index (χ2n) is 4.67. The van der Waals surface area contributed by atoms with Crippen LogP contribution in [-0.4, -0.2) is 26.9 Å². The van der Waals surface area contributed by atoms with Crippen molar-refractivity contribution in [3.8, 4) is 6.07 Å². The van der Waals surface area contributed by atoms with Crippen molar-refractivity contribution in [2.75, 3.05) is 6.54 Å². The van der Waals surface area contributed by atoms with E-state index in [0.29, 0.717) is 24.1 Å². The highest BCUT2D eigenvalue weighted by atomic mass is 32.2. The Hall–Kier alpha value is -1.91. The number of nitrogens with zero attached hydrogens (tertiary/aromatic N) is 1. The number of hydrogen-bond acceptors (Lipinski definition) is 4. The van der Waals surface area contributed by atoms with Crippen molar-refractivity contribution in [1.29, 1.82) is 5.26 Å². The third-order valence-electron chi connectivity index (χ3n) is 3.05. The molecule has 1 aliphatic heterocycles. The third-order valence-corrected chi connectivity index (χ3v) is 4.40. The molecule has 1 aliphatic rings. The number of hydrogen-bond donors (Lipinski definition) is 2. The van der Waals surface area contributed by atoms with Crippen molar-refractivity contribution >= 4 is 15.9 Å². The van der Waals surface area contributed by atoms with Gasteiger partial charge in [0.25, 0.3) is 0 Å². The smallest absolute Gasteiger partial charge is 0.238 e. The molecular weight excluding hydrogens is 278 g/mol. The van der Waals surface area contributed by atoms with Crippen molar-refractivity contribution in [3.63, 3.8) is 0 Å². The fourth-order valence-electron chi connectivity index (χ4n) is 2.04. The molecule has 0 aromatic heterocycles. The molecule has 1 heterocycles. The zero-order valence-corrected chi connectivity index (χ0v) is 11.6. The predicted octanol–water partition coefficient (Wildman–Crippen LogP) is 0.256. The summed E-state index contributed by atoms with van der Waals surface area (Å²) in [5.74, 6) is -0.484. The third kappa shape index (κ3) is 3.79. The fourth-order valence-corrected chi connectivity index (χ4v) is 3.41. The van der Waals surface area contributed by atoms with Crippen LogP contribution in [0.4, 0.5) is 0 Å². The first kappa shape index (κ1) is 14.5. The van der Waals surface area contributed by atoms with Gasteiger partial charge in [0.1, 0.15) is 6.04 Å². The van der Waals surface area contributed by atoms with Gasteiger partial charge in [0.15, 0.2) is 0 Å². The molecule has 1 saturated heterocycles. The van der Waals surface area contributed by atoms with Gasteiger partial charge < -0.3 is 5.32 Å². The van der Waals surface area contributed by atoms with E-state index in [0.717, 1.165) is 6.42 Å². The number of rotatable bonds is 4. The quantitative estimate of drug-likeness (QED) is 0.831. The molecule has 20 heavy (non-hydrogen) atoms. The molecule has 1 aromatic rings. The SMILES string of the molecule is N#Cc1ccc(CS(=O)(=O)NC2CCCNC2=O)cc1. The van der Waals surface area contributed by atoms with Crippen LogP contribution in [0.2, 0.25) is 0 Å². The average Bonchev–Trinajstić information content (AvgIpc) is 2.41. The minimum atomic E-state index is -3.58. The molecule has 1 fully saturated rings. The predicted molar refractivity (Wildman–Crippen MR) is 72.9 cm³/mol. The van der Waals surface area contributed by atoms with Gasteiger partial charge >= 0.3 is 0 Å². The average molecular weight is 293 g/mol. The van der Waals surface area contributed by atoms with E-state index in [4.69, 9.17) is 5.26 Å². The number of sulfonamides is 1. The molecule has 0 bridgehead atoms. The van der Waals surface area contributed by atoms with Crippen LogP contribution >= 0.6 is 0 Å². The lowest BCUT2D eigenvalue weighted by atomic mass is 10.1. The number of amides is 1. The van der Waals surface area contributed by atoms with Gasteiger partial charge in [0, 0.05) is 6.54 Å². The second kappa shape index (κ2) is 6.03. The molecule has 0 spiro atoms. The van der Waals surface area contributed by atoms with Crippen LogP contribution in [-0.2, 0) is 20.6 Å². The molecule has 1 atom stereocenters. The Labute approximate surface area is 117 Å². The summed E-state index contributed by atoms with van der Waals surface area (Å²) >= 11 is 0. The van der Waals surface area contributed by atoms with Crippen molar-refractivity contribution in [2.24, 2.45) is 0 Å². The Morgan fingerprint density at radius 1 is 1.35 bits per heavy atom. The monoisotopic (exact) mass is 293 g/mol. The van der Waals surface area contributed by atoms with E-state index in [1.54, 1.807) is 24.3 Å². The zero-order chi connectivity index (χ0) is 14.6. The van der Waals surface area contributed by atoms with E-state index in [1.165, 1.54) is 0 Å². The Balaban J connectivity index is 2.03. The van der Waals surface area contributed by atoms with Gasteiger partial charge in [-0.05, 0) is 30.5 Å². The van der Waals surface area contributed by atoms with Crippen LogP contribution in [0.1, 0.15) is 24.0 Å². The van der Waals surface area contributed by atoms with Crippen LogP contribution in [0.5, 0.6) is 0 Å². The summed E-state index contributed by atoms with van der Waals surface area (Å²) in [5, 5.41) is 11.3. The summed E-state index contributed by atoms with van der Waals surface area (Å²) in [4.78, 5) is 11.5. The molecule has 106 valence electrons. The molecular formula is C13H15N3O3S. The molecule has 2 rings (SSSR count). The molecule has 1 unspecified atom stereocenters. The molecule has 2 N–H and O–H groups in total. The van der Waals surface area contributed by atoms with E-state index in [1.807, 2.05) is 6.07 Å². The largest absolute Gasteiger partial charge is 0.355 e. The van der Waals surface area contributed by atoms with Crippen LogP contribution in [0.25, 0.3) is 0 Å². The topological polar surface area (TPSA) is 99.1 Å².